The number of rotatable bonds is 4. The van der Waals surface area contributed by atoms with Gasteiger partial charge in [-0.1, -0.05) is 164 Å². The fourth-order valence-electron chi connectivity index (χ4n) is 10.8. The molecule has 0 atom stereocenters. The second-order valence-corrected chi connectivity index (χ2v) is 18.6. The molecule has 0 aliphatic heterocycles. The van der Waals surface area contributed by atoms with Gasteiger partial charge in [0.1, 0.15) is 11.2 Å². The van der Waals surface area contributed by atoms with E-state index in [1.54, 1.807) is 0 Å². The molecule has 310 valence electrons. The largest absolute Gasteiger partial charge is 0.456 e. The van der Waals surface area contributed by atoms with Crippen LogP contribution in [0.5, 0.6) is 0 Å². The van der Waals surface area contributed by atoms with Gasteiger partial charge in [-0.05, 0) is 85.7 Å². The van der Waals surface area contributed by atoms with Gasteiger partial charge in [-0.15, -0.1) is 11.3 Å². The Hall–Kier alpha value is -8.71. The maximum absolute atomic E-state index is 6.45. The van der Waals surface area contributed by atoms with Gasteiger partial charge in [-0.25, -0.2) is 4.98 Å². The van der Waals surface area contributed by atoms with Gasteiger partial charge >= 0.3 is 0 Å². The average Bonchev–Trinajstić information content (AvgIpc) is 4.08. The molecule has 11 aromatic carbocycles. The quantitative estimate of drug-likeness (QED) is 0.165. The second kappa shape index (κ2) is 13.9. The summed E-state index contributed by atoms with van der Waals surface area (Å²) in [6.07, 6.45) is 0. The predicted octanol–water partition coefficient (Wildman–Crippen LogP) is 16.8. The summed E-state index contributed by atoms with van der Waals surface area (Å²) in [6.45, 7) is 0. The van der Waals surface area contributed by atoms with E-state index in [9.17, 15) is 0 Å². The Morgan fingerprint density at radius 2 is 0.955 bits per heavy atom. The van der Waals surface area contributed by atoms with Gasteiger partial charge in [0, 0.05) is 63.8 Å². The van der Waals surface area contributed by atoms with Crippen LogP contribution in [-0.4, -0.2) is 19.5 Å². The topological polar surface area (TPSA) is 56.7 Å². The third kappa shape index (κ3) is 5.39. The fourth-order valence-corrected chi connectivity index (χ4v) is 11.9. The Labute approximate surface area is 386 Å². The molecule has 0 radical (unpaired) electrons. The normalized spacial score (nSPS) is 12.2. The van der Waals surface area contributed by atoms with Crippen LogP contribution >= 0.6 is 11.3 Å². The highest BCUT2D eigenvalue weighted by atomic mass is 32.1. The number of hydrogen-bond acceptors (Lipinski definition) is 5. The molecule has 0 aliphatic rings. The molecule has 0 saturated carbocycles. The maximum atomic E-state index is 6.45. The Bertz CT molecular complexity index is 4600. The zero-order valence-corrected chi connectivity index (χ0v) is 36.6. The molecular weight excluding hydrogens is 837 g/mol. The SMILES string of the molecule is c1ccc2cc(-c3nc(-c4ccc5c(c4)oc4ccccc45)nc(-n4c5c(-c6ccc7sc8ccc9ccccc9c8c7c6)cccc5c5c6ccccc6c6ccccc6c54)n3)ccc2c1. The number of hydrogen-bond donors (Lipinski definition) is 0. The fraction of sp³-hybridized carbons (Fsp3) is 0. The number of benzene rings is 11. The molecule has 0 fully saturated rings. The van der Waals surface area contributed by atoms with Crippen molar-refractivity contribution in [3.8, 4) is 39.9 Å². The van der Waals surface area contributed by atoms with Crippen molar-refractivity contribution in [2.45, 2.75) is 0 Å². The lowest BCUT2D eigenvalue weighted by Crippen LogP contribution is -2.07. The minimum Gasteiger partial charge on any atom is -0.456 e. The number of para-hydroxylation sites is 2. The molecule has 0 amide bonds. The highest BCUT2D eigenvalue weighted by Crippen LogP contribution is 2.47. The van der Waals surface area contributed by atoms with Crippen LogP contribution < -0.4 is 0 Å². The van der Waals surface area contributed by atoms with E-state index in [-0.39, 0.29) is 0 Å². The van der Waals surface area contributed by atoms with Crippen LogP contribution in [0.3, 0.4) is 0 Å². The van der Waals surface area contributed by atoms with Gasteiger partial charge in [0.2, 0.25) is 5.95 Å². The summed E-state index contributed by atoms with van der Waals surface area (Å²) in [5.74, 6) is 1.69. The van der Waals surface area contributed by atoms with Gasteiger partial charge in [0.25, 0.3) is 0 Å². The summed E-state index contributed by atoms with van der Waals surface area (Å²) in [6, 6.07) is 73.9. The van der Waals surface area contributed by atoms with Gasteiger partial charge in [0.15, 0.2) is 11.6 Å². The van der Waals surface area contributed by atoms with Gasteiger partial charge in [-0.3, -0.25) is 4.57 Å². The van der Waals surface area contributed by atoms with Crippen LogP contribution in [0.1, 0.15) is 0 Å². The zero-order valence-electron chi connectivity index (χ0n) is 35.7. The smallest absolute Gasteiger partial charge is 0.238 e. The van der Waals surface area contributed by atoms with E-state index in [1.165, 1.54) is 47.1 Å². The van der Waals surface area contributed by atoms with Gasteiger partial charge < -0.3 is 4.42 Å². The van der Waals surface area contributed by atoms with Crippen molar-refractivity contribution in [2.24, 2.45) is 0 Å². The van der Waals surface area contributed by atoms with Crippen LogP contribution in [0.4, 0.5) is 0 Å². The number of thiophene rings is 1. The van der Waals surface area contributed by atoms with Crippen molar-refractivity contribution in [1.29, 1.82) is 0 Å². The van der Waals surface area contributed by atoms with Crippen LogP contribution in [0.15, 0.2) is 211 Å². The van der Waals surface area contributed by atoms with Crippen molar-refractivity contribution in [1.82, 2.24) is 19.5 Å². The summed E-state index contributed by atoms with van der Waals surface area (Å²) < 4.78 is 11.3. The molecule has 0 aliphatic carbocycles. The van der Waals surface area contributed by atoms with E-state index in [0.717, 1.165) is 82.2 Å². The third-order valence-corrected chi connectivity index (χ3v) is 14.9. The molecule has 0 N–H and O–H groups in total. The summed E-state index contributed by atoms with van der Waals surface area (Å²) in [7, 11) is 0. The molecule has 67 heavy (non-hydrogen) atoms. The molecule has 0 bridgehead atoms. The Morgan fingerprint density at radius 1 is 0.343 bits per heavy atom. The van der Waals surface area contributed by atoms with Gasteiger partial charge in [0.05, 0.1) is 11.0 Å². The van der Waals surface area contributed by atoms with Crippen molar-refractivity contribution >= 4 is 118 Å². The minimum atomic E-state index is 0.541. The Balaban J connectivity index is 1.08. The molecule has 5 nitrogen and oxygen atoms in total. The van der Waals surface area contributed by atoms with E-state index in [4.69, 9.17) is 19.4 Å². The van der Waals surface area contributed by atoms with Crippen LogP contribution in [-0.2, 0) is 0 Å². The zero-order chi connectivity index (χ0) is 43.7. The minimum absolute atomic E-state index is 0.541. The highest BCUT2D eigenvalue weighted by Gasteiger charge is 2.25. The molecule has 0 unspecified atom stereocenters. The van der Waals surface area contributed by atoms with Crippen LogP contribution in [0, 0.1) is 0 Å². The molecule has 4 aromatic heterocycles. The Morgan fingerprint density at radius 3 is 1.81 bits per heavy atom. The summed E-state index contributed by atoms with van der Waals surface area (Å²) in [5, 5.41) is 16.5. The third-order valence-electron chi connectivity index (χ3n) is 13.8. The Kier molecular flexibility index (Phi) is 7.59. The lowest BCUT2D eigenvalue weighted by Gasteiger charge is -2.14. The monoisotopic (exact) mass is 870 g/mol. The molecule has 0 saturated heterocycles. The molecule has 0 spiro atoms. The van der Waals surface area contributed by atoms with Crippen molar-refractivity contribution in [3.63, 3.8) is 0 Å². The van der Waals surface area contributed by atoms with E-state index < -0.39 is 0 Å². The highest BCUT2D eigenvalue weighted by molar-refractivity contribution is 7.26. The molecule has 15 rings (SSSR count). The van der Waals surface area contributed by atoms with Crippen molar-refractivity contribution < 1.29 is 4.42 Å². The summed E-state index contributed by atoms with van der Waals surface area (Å²) >= 11 is 1.85. The van der Waals surface area contributed by atoms with E-state index in [0.29, 0.717) is 17.6 Å². The number of nitrogens with zero attached hydrogens (tertiary/aromatic N) is 4. The standard InChI is InChI=1S/C61H34N4OS/c1-2-14-37-32-39(25-24-35(37)12-1)59-62-60(40-26-29-46-45-18-9-10-23-51(45)66-52(46)34-40)64-61(63-59)65-57-42(38-28-30-53-50(33-38)55-41-15-4-3-13-36(41)27-31-54(55)67-53)21-11-22-49(57)56-47-19-7-5-16-43(47)44-17-6-8-20-48(44)58(56)65/h1-34H. The molecule has 6 heteroatoms. The van der Waals surface area contributed by atoms with E-state index in [1.807, 2.05) is 23.5 Å². The van der Waals surface area contributed by atoms with E-state index >= 15 is 0 Å². The predicted molar refractivity (Wildman–Crippen MR) is 281 cm³/mol. The number of furan rings is 1. The molecular formula is C61H34N4OS. The lowest BCUT2D eigenvalue weighted by atomic mass is 9.95. The van der Waals surface area contributed by atoms with Crippen molar-refractivity contribution in [3.05, 3.63) is 206 Å². The first-order chi connectivity index (χ1) is 33.2. The van der Waals surface area contributed by atoms with Crippen LogP contribution in [0.25, 0.3) is 147 Å². The maximum Gasteiger partial charge on any atom is 0.238 e. The first-order valence-electron chi connectivity index (χ1n) is 22.6. The lowest BCUT2D eigenvalue weighted by molar-refractivity contribution is 0.669. The number of fused-ring (bicyclic) bond motifs is 17. The molecule has 4 heterocycles. The van der Waals surface area contributed by atoms with Crippen LogP contribution in [0.2, 0.25) is 0 Å². The number of aromatic nitrogens is 4. The van der Waals surface area contributed by atoms with E-state index in [2.05, 4.69) is 199 Å². The first kappa shape index (κ1) is 36.6. The first-order valence-corrected chi connectivity index (χ1v) is 23.4. The van der Waals surface area contributed by atoms with Gasteiger partial charge in [-0.2, -0.15) is 9.97 Å². The average molecular weight is 871 g/mol. The summed E-state index contributed by atoms with van der Waals surface area (Å²) in [4.78, 5) is 16.4. The van der Waals surface area contributed by atoms with Crippen molar-refractivity contribution in [2.75, 3.05) is 0 Å². The summed E-state index contributed by atoms with van der Waals surface area (Å²) in [5.41, 5.74) is 7.71. The molecule has 15 aromatic rings. The second-order valence-electron chi connectivity index (χ2n) is 17.5.